The lowest BCUT2D eigenvalue weighted by atomic mass is 10.2. The summed E-state index contributed by atoms with van der Waals surface area (Å²) in [5, 5.41) is 7.07. The fourth-order valence-electron chi connectivity index (χ4n) is 2.02. The highest BCUT2D eigenvalue weighted by Gasteiger charge is 2.29. The van der Waals surface area contributed by atoms with Gasteiger partial charge in [0.15, 0.2) is 6.61 Å². The van der Waals surface area contributed by atoms with Crippen LogP contribution in [0.2, 0.25) is 0 Å². The second-order valence-corrected chi connectivity index (χ2v) is 6.74. The van der Waals surface area contributed by atoms with E-state index in [9.17, 15) is 0 Å². The summed E-state index contributed by atoms with van der Waals surface area (Å²) >= 11 is 7.07. The summed E-state index contributed by atoms with van der Waals surface area (Å²) in [5.74, 6) is 2.52. The summed E-state index contributed by atoms with van der Waals surface area (Å²) in [5.41, 5.74) is 1.17. The minimum atomic E-state index is 0.290. The number of nitrogens with one attached hydrogen (secondary N) is 1. The molecule has 5 nitrogen and oxygen atoms in total. The van der Waals surface area contributed by atoms with E-state index in [0.717, 1.165) is 40.0 Å². The Kier molecular flexibility index (Phi) is 4.61. The van der Waals surface area contributed by atoms with Crippen molar-refractivity contribution in [2.45, 2.75) is 31.9 Å². The Morgan fingerprint density at radius 2 is 2.05 bits per heavy atom. The van der Waals surface area contributed by atoms with Crippen molar-refractivity contribution in [3.05, 3.63) is 38.4 Å². The van der Waals surface area contributed by atoms with E-state index < -0.39 is 0 Å². The number of aromatic nitrogens is 2. The molecule has 0 unspecified atom stereocenters. The fourth-order valence-corrected chi connectivity index (χ4v) is 3.53. The van der Waals surface area contributed by atoms with Crippen molar-refractivity contribution >= 4 is 31.9 Å². The van der Waals surface area contributed by atoms with Crippen molar-refractivity contribution in [1.82, 2.24) is 15.5 Å². The van der Waals surface area contributed by atoms with Gasteiger partial charge in [0.25, 0.3) is 0 Å². The Hall–Kier alpha value is -0.920. The van der Waals surface area contributed by atoms with Crippen LogP contribution in [0.1, 0.15) is 36.0 Å². The summed E-state index contributed by atoms with van der Waals surface area (Å²) in [6, 6.07) is 4.06. The third-order valence-corrected chi connectivity index (χ3v) is 4.37. The van der Waals surface area contributed by atoms with Crippen molar-refractivity contribution in [1.29, 1.82) is 0 Å². The van der Waals surface area contributed by atoms with Crippen LogP contribution in [-0.2, 0) is 13.2 Å². The molecule has 1 N–H and O–H groups in total. The molecule has 0 atom stereocenters. The van der Waals surface area contributed by atoms with E-state index in [4.69, 9.17) is 9.26 Å². The largest absolute Gasteiger partial charge is 0.483 e. The lowest BCUT2D eigenvalue weighted by Gasteiger charge is -2.11. The molecule has 2 aromatic rings. The molecule has 7 heteroatoms. The van der Waals surface area contributed by atoms with Crippen LogP contribution in [0.5, 0.6) is 5.75 Å². The second kappa shape index (κ2) is 6.46. The number of hydrogen-bond donors (Lipinski definition) is 1. The van der Waals surface area contributed by atoms with Crippen molar-refractivity contribution in [3.63, 3.8) is 0 Å². The van der Waals surface area contributed by atoms with E-state index in [2.05, 4.69) is 47.3 Å². The van der Waals surface area contributed by atoms with E-state index in [1.54, 1.807) is 0 Å². The van der Waals surface area contributed by atoms with E-state index in [0.29, 0.717) is 18.3 Å². The lowest BCUT2D eigenvalue weighted by molar-refractivity contribution is 0.282. The predicted octanol–water partition coefficient (Wildman–Crippen LogP) is 3.77. The first-order chi connectivity index (χ1) is 10.2. The molecule has 1 aromatic carbocycles. The van der Waals surface area contributed by atoms with E-state index in [1.807, 2.05) is 19.2 Å². The highest BCUT2D eigenvalue weighted by atomic mass is 79.9. The molecular weight excluding hydrogens is 402 g/mol. The minimum absolute atomic E-state index is 0.290. The fraction of sp³-hybridized carbons (Fsp3) is 0.429. The summed E-state index contributed by atoms with van der Waals surface area (Å²) < 4.78 is 12.8. The van der Waals surface area contributed by atoms with E-state index in [1.165, 1.54) is 5.56 Å². The maximum absolute atomic E-state index is 5.80. The number of ether oxygens (including phenoxy) is 1. The number of hydrogen-bond acceptors (Lipinski definition) is 5. The maximum atomic E-state index is 5.80. The van der Waals surface area contributed by atoms with Gasteiger partial charge in [-0.15, -0.1) is 0 Å². The highest BCUT2D eigenvalue weighted by molar-refractivity contribution is 9.11. The first-order valence-electron chi connectivity index (χ1n) is 6.75. The molecule has 112 valence electrons. The molecule has 21 heavy (non-hydrogen) atoms. The molecule has 0 saturated heterocycles. The monoisotopic (exact) mass is 415 g/mol. The molecule has 1 heterocycles. The zero-order valence-corrected chi connectivity index (χ0v) is 14.7. The van der Waals surface area contributed by atoms with Crippen LogP contribution in [-0.4, -0.2) is 17.2 Å². The van der Waals surface area contributed by atoms with Crippen LogP contribution in [0.15, 0.2) is 25.6 Å². The van der Waals surface area contributed by atoms with E-state index >= 15 is 0 Å². The van der Waals surface area contributed by atoms with Crippen molar-refractivity contribution in [2.24, 2.45) is 0 Å². The summed E-state index contributed by atoms with van der Waals surface area (Å²) in [6.07, 6.45) is 2.29. The zero-order chi connectivity index (χ0) is 14.8. The van der Waals surface area contributed by atoms with Crippen LogP contribution in [0.25, 0.3) is 0 Å². The topological polar surface area (TPSA) is 60.2 Å². The maximum Gasteiger partial charge on any atom is 0.229 e. The second-order valence-electron chi connectivity index (χ2n) is 5.03. The number of rotatable bonds is 6. The van der Waals surface area contributed by atoms with Crippen LogP contribution in [0, 0.1) is 0 Å². The normalized spacial score (nSPS) is 14.4. The minimum Gasteiger partial charge on any atom is -0.483 e. The third-order valence-electron chi connectivity index (χ3n) is 3.19. The van der Waals surface area contributed by atoms with Gasteiger partial charge in [-0.2, -0.15) is 4.98 Å². The Bertz CT molecular complexity index is 618. The van der Waals surface area contributed by atoms with Gasteiger partial charge in [0.1, 0.15) is 5.75 Å². The Morgan fingerprint density at radius 3 is 2.67 bits per heavy atom. The van der Waals surface area contributed by atoms with Crippen LogP contribution in [0.4, 0.5) is 0 Å². The number of halogens is 2. The molecule has 0 spiro atoms. The van der Waals surface area contributed by atoms with Gasteiger partial charge < -0.3 is 14.6 Å². The Balaban J connectivity index is 1.68. The molecule has 1 saturated carbocycles. The molecule has 3 rings (SSSR count). The van der Waals surface area contributed by atoms with Gasteiger partial charge in [0.05, 0.1) is 8.95 Å². The molecule has 1 aliphatic carbocycles. The number of nitrogens with zero attached hydrogens (tertiary/aromatic N) is 2. The van der Waals surface area contributed by atoms with Crippen molar-refractivity contribution < 1.29 is 9.26 Å². The first kappa shape index (κ1) is 15.0. The average Bonchev–Trinajstić information content (AvgIpc) is 3.18. The summed E-state index contributed by atoms with van der Waals surface area (Å²) in [6.45, 7) is 1.09. The average molecular weight is 417 g/mol. The Morgan fingerprint density at radius 1 is 1.33 bits per heavy atom. The summed E-state index contributed by atoms with van der Waals surface area (Å²) in [7, 11) is 1.92. The van der Waals surface area contributed by atoms with Crippen molar-refractivity contribution in [2.75, 3.05) is 7.05 Å². The third kappa shape index (κ3) is 3.64. The first-order valence-corrected chi connectivity index (χ1v) is 8.33. The highest BCUT2D eigenvalue weighted by Crippen LogP contribution is 2.39. The predicted molar refractivity (Wildman–Crippen MR) is 85.2 cm³/mol. The molecule has 0 amide bonds. The van der Waals surface area contributed by atoms with Gasteiger partial charge in [-0.1, -0.05) is 5.16 Å². The van der Waals surface area contributed by atoms with Gasteiger partial charge in [0, 0.05) is 12.5 Å². The molecule has 0 bridgehead atoms. The summed E-state index contributed by atoms with van der Waals surface area (Å²) in [4.78, 5) is 4.35. The van der Waals surface area contributed by atoms with Gasteiger partial charge in [-0.05, 0) is 69.4 Å². The van der Waals surface area contributed by atoms with E-state index in [-0.39, 0.29) is 0 Å². The van der Waals surface area contributed by atoms with Gasteiger partial charge in [0.2, 0.25) is 11.7 Å². The Labute approximate surface area is 139 Å². The van der Waals surface area contributed by atoms with Gasteiger partial charge >= 0.3 is 0 Å². The van der Waals surface area contributed by atoms with Gasteiger partial charge in [-0.25, -0.2) is 0 Å². The number of benzene rings is 1. The van der Waals surface area contributed by atoms with Gasteiger partial charge in [-0.3, -0.25) is 0 Å². The van der Waals surface area contributed by atoms with Crippen LogP contribution in [0.3, 0.4) is 0 Å². The van der Waals surface area contributed by atoms with Crippen LogP contribution < -0.4 is 10.1 Å². The smallest absolute Gasteiger partial charge is 0.229 e. The molecule has 0 radical (unpaired) electrons. The molecule has 0 aliphatic heterocycles. The quantitative estimate of drug-likeness (QED) is 0.776. The van der Waals surface area contributed by atoms with Crippen molar-refractivity contribution in [3.8, 4) is 5.75 Å². The SMILES string of the molecule is CNCc1cc(Br)c(OCc2noc(C3CC3)n2)c(Br)c1. The zero-order valence-electron chi connectivity index (χ0n) is 11.5. The van der Waals surface area contributed by atoms with Crippen LogP contribution >= 0.6 is 31.9 Å². The molecule has 1 aliphatic rings. The standard InChI is InChI=1S/C14H15Br2N3O2/c1-17-6-8-4-10(15)13(11(16)5-8)20-7-12-18-14(21-19-12)9-2-3-9/h4-5,9,17H,2-3,6-7H2,1H3. The lowest BCUT2D eigenvalue weighted by Crippen LogP contribution is -2.06. The molecule has 1 fully saturated rings. The molecular formula is C14H15Br2N3O2. The molecule has 1 aromatic heterocycles.